The fourth-order valence-electron chi connectivity index (χ4n) is 5.70. The molecule has 134 valence electrons. The molecule has 3 rings (SSSR count). The molecule has 0 saturated carbocycles. The summed E-state index contributed by atoms with van der Waals surface area (Å²) in [7, 11) is 2.32. The summed E-state index contributed by atoms with van der Waals surface area (Å²) >= 11 is 0. The van der Waals surface area contributed by atoms with E-state index >= 15 is 0 Å². The Morgan fingerprint density at radius 3 is 2.79 bits per heavy atom. The van der Waals surface area contributed by atoms with E-state index in [0.717, 1.165) is 12.3 Å². The lowest BCUT2D eigenvalue weighted by Crippen LogP contribution is -2.56. The Balaban J connectivity index is 1.95. The lowest BCUT2D eigenvalue weighted by molar-refractivity contribution is 0.0226. The molecule has 24 heavy (non-hydrogen) atoms. The van der Waals surface area contributed by atoms with Crippen LogP contribution < -0.4 is 0 Å². The topological polar surface area (TPSA) is 23.5 Å². The first-order chi connectivity index (χ1) is 11.6. The van der Waals surface area contributed by atoms with Gasteiger partial charge in [0.05, 0.1) is 0 Å². The van der Waals surface area contributed by atoms with Crippen LogP contribution in [0.2, 0.25) is 0 Å². The van der Waals surface area contributed by atoms with Gasteiger partial charge >= 0.3 is 0 Å². The number of phenolic OH excluding ortho intramolecular Hbond substituents is 1. The summed E-state index contributed by atoms with van der Waals surface area (Å²) in [5.74, 6) is 1.22. The first kappa shape index (κ1) is 17.8. The highest BCUT2D eigenvalue weighted by atomic mass is 16.3. The van der Waals surface area contributed by atoms with Gasteiger partial charge in [-0.25, -0.2) is 0 Å². The second-order valence-electron chi connectivity index (χ2n) is 8.16. The lowest BCUT2D eigenvalue weighted by Gasteiger charge is -2.55. The Labute approximate surface area is 148 Å². The minimum absolute atomic E-state index is 0.349. The summed E-state index contributed by atoms with van der Waals surface area (Å²) in [6.07, 6.45) is 11.7. The van der Waals surface area contributed by atoms with Gasteiger partial charge in [0.2, 0.25) is 0 Å². The summed E-state index contributed by atoms with van der Waals surface area (Å²) in [6, 6.07) is 6.94. The first-order valence-corrected chi connectivity index (χ1v) is 10.1. The molecule has 0 amide bonds. The van der Waals surface area contributed by atoms with E-state index in [-0.39, 0.29) is 0 Å². The molecule has 1 N–H and O–H groups in total. The highest BCUT2D eigenvalue weighted by molar-refractivity contribution is 5.43. The van der Waals surface area contributed by atoms with Gasteiger partial charge in [-0.05, 0) is 74.9 Å². The molecule has 1 aromatic carbocycles. The molecule has 0 radical (unpaired) electrons. The zero-order valence-electron chi connectivity index (χ0n) is 15.9. The molecule has 0 aromatic heterocycles. The van der Waals surface area contributed by atoms with Gasteiger partial charge in [-0.2, -0.15) is 0 Å². The number of benzene rings is 1. The number of aryl methyl sites for hydroxylation is 1. The smallest absolute Gasteiger partial charge is 0.115 e. The van der Waals surface area contributed by atoms with E-state index in [2.05, 4.69) is 31.9 Å². The number of unbranched alkanes of at least 4 members (excludes halogenated alkanes) is 3. The largest absolute Gasteiger partial charge is 0.508 e. The molecule has 1 aliphatic heterocycles. The van der Waals surface area contributed by atoms with Crippen molar-refractivity contribution in [3.8, 4) is 5.75 Å². The van der Waals surface area contributed by atoms with E-state index in [0.29, 0.717) is 17.2 Å². The molecule has 1 saturated heterocycles. The van der Waals surface area contributed by atoms with Crippen LogP contribution in [0.25, 0.3) is 0 Å². The Morgan fingerprint density at radius 1 is 1.21 bits per heavy atom. The number of aromatic hydroxyl groups is 1. The van der Waals surface area contributed by atoms with Gasteiger partial charge in [0.25, 0.3) is 0 Å². The number of piperidine rings is 1. The summed E-state index contributed by atoms with van der Waals surface area (Å²) in [5.41, 5.74) is 3.34. The van der Waals surface area contributed by atoms with Crippen molar-refractivity contribution in [1.82, 2.24) is 4.90 Å². The summed E-state index contributed by atoms with van der Waals surface area (Å²) in [6.45, 7) is 5.87. The molecule has 1 aliphatic carbocycles. The van der Waals surface area contributed by atoms with Crippen molar-refractivity contribution in [2.75, 3.05) is 13.6 Å². The van der Waals surface area contributed by atoms with Crippen molar-refractivity contribution in [3.05, 3.63) is 29.3 Å². The second-order valence-corrected chi connectivity index (χ2v) is 8.16. The number of likely N-dealkylation sites (tertiary alicyclic amines) is 1. The first-order valence-electron chi connectivity index (χ1n) is 10.1. The van der Waals surface area contributed by atoms with E-state index in [1.54, 1.807) is 5.56 Å². The Morgan fingerprint density at radius 2 is 2.04 bits per heavy atom. The minimum Gasteiger partial charge on any atom is -0.508 e. The number of fused-ring (bicyclic) bond motifs is 3. The van der Waals surface area contributed by atoms with Crippen molar-refractivity contribution in [2.45, 2.75) is 83.1 Å². The van der Waals surface area contributed by atoms with Crippen LogP contribution in [0.4, 0.5) is 0 Å². The summed E-state index contributed by atoms with van der Waals surface area (Å²) in [4.78, 5) is 2.61. The van der Waals surface area contributed by atoms with Crippen LogP contribution in [0.3, 0.4) is 0 Å². The zero-order valence-corrected chi connectivity index (χ0v) is 15.9. The van der Waals surface area contributed by atoms with Crippen molar-refractivity contribution >= 4 is 0 Å². The van der Waals surface area contributed by atoms with Crippen LogP contribution in [0.1, 0.15) is 76.3 Å². The van der Waals surface area contributed by atoms with Crippen molar-refractivity contribution in [3.63, 3.8) is 0 Å². The number of hydrogen-bond acceptors (Lipinski definition) is 2. The van der Waals surface area contributed by atoms with E-state index in [1.807, 2.05) is 12.1 Å². The molecule has 0 spiro atoms. The molecule has 0 bridgehead atoms. The maximum Gasteiger partial charge on any atom is 0.115 e. The fourth-order valence-corrected chi connectivity index (χ4v) is 5.70. The minimum atomic E-state index is 0.349. The van der Waals surface area contributed by atoms with Gasteiger partial charge in [-0.1, -0.05) is 45.6 Å². The van der Waals surface area contributed by atoms with E-state index < -0.39 is 0 Å². The van der Waals surface area contributed by atoms with Crippen LogP contribution in [-0.4, -0.2) is 29.6 Å². The molecule has 1 aromatic rings. The van der Waals surface area contributed by atoms with Crippen molar-refractivity contribution < 1.29 is 5.11 Å². The molecule has 2 nitrogen and oxygen atoms in total. The molecule has 2 aliphatic rings. The third kappa shape index (κ3) is 3.10. The second kappa shape index (κ2) is 7.47. The summed E-state index contributed by atoms with van der Waals surface area (Å²) in [5, 5.41) is 9.95. The van der Waals surface area contributed by atoms with Gasteiger partial charge in [-0.15, -0.1) is 0 Å². The third-order valence-electron chi connectivity index (χ3n) is 6.90. The highest BCUT2D eigenvalue weighted by Crippen LogP contribution is 2.53. The standard InChI is InChI=1S/C22H35NO/c1-4-6-7-8-13-22-14-15-23(3)21(5-2)20(22)11-9-17-16-18(24)10-12-19(17)22/h10,12,16,20-21,24H,4-9,11,13-15H2,1-3H3. The van der Waals surface area contributed by atoms with Gasteiger partial charge in [0.15, 0.2) is 0 Å². The number of nitrogens with zero attached hydrogens (tertiary/aromatic N) is 1. The van der Waals surface area contributed by atoms with E-state index in [4.69, 9.17) is 0 Å². The van der Waals surface area contributed by atoms with Gasteiger partial charge in [0.1, 0.15) is 5.75 Å². The van der Waals surface area contributed by atoms with Crippen LogP contribution in [0.15, 0.2) is 18.2 Å². The van der Waals surface area contributed by atoms with Gasteiger partial charge in [0, 0.05) is 11.5 Å². The Kier molecular flexibility index (Phi) is 5.54. The SMILES string of the molecule is CCCCCCC12CCN(C)C(CC)C1CCc1cc(O)ccc12. The van der Waals surface area contributed by atoms with Gasteiger partial charge in [-0.3, -0.25) is 0 Å². The van der Waals surface area contributed by atoms with E-state index in [9.17, 15) is 5.11 Å². The highest BCUT2D eigenvalue weighted by Gasteiger charge is 2.49. The van der Waals surface area contributed by atoms with Gasteiger partial charge < -0.3 is 10.0 Å². The fraction of sp³-hybridized carbons (Fsp3) is 0.727. The van der Waals surface area contributed by atoms with Crippen molar-refractivity contribution in [2.24, 2.45) is 5.92 Å². The number of hydrogen-bond donors (Lipinski definition) is 1. The van der Waals surface area contributed by atoms with Crippen LogP contribution in [0.5, 0.6) is 5.75 Å². The number of rotatable bonds is 6. The Bertz CT molecular complexity index is 555. The average molecular weight is 330 g/mol. The molecule has 1 heterocycles. The van der Waals surface area contributed by atoms with Crippen molar-refractivity contribution in [1.29, 1.82) is 0 Å². The monoisotopic (exact) mass is 329 g/mol. The molecule has 3 atom stereocenters. The average Bonchev–Trinajstić information content (AvgIpc) is 2.58. The zero-order chi connectivity index (χ0) is 17.2. The maximum absolute atomic E-state index is 9.95. The normalized spacial score (nSPS) is 30.0. The quantitative estimate of drug-likeness (QED) is 0.718. The van der Waals surface area contributed by atoms with Crippen LogP contribution >= 0.6 is 0 Å². The molecular formula is C22H35NO. The van der Waals surface area contributed by atoms with Crippen LogP contribution in [0, 0.1) is 5.92 Å². The maximum atomic E-state index is 9.95. The molecule has 3 unspecified atom stereocenters. The number of phenols is 1. The molecule has 1 fully saturated rings. The molecular weight excluding hydrogens is 294 g/mol. The third-order valence-corrected chi connectivity index (χ3v) is 6.90. The van der Waals surface area contributed by atoms with E-state index in [1.165, 1.54) is 63.5 Å². The van der Waals surface area contributed by atoms with Crippen LogP contribution in [-0.2, 0) is 11.8 Å². The molecule has 2 heteroatoms. The lowest BCUT2D eigenvalue weighted by atomic mass is 9.55. The predicted molar refractivity (Wildman–Crippen MR) is 102 cm³/mol. The predicted octanol–water partition coefficient (Wildman–Crippen LogP) is 5.28. The summed E-state index contributed by atoms with van der Waals surface area (Å²) < 4.78 is 0. The Hall–Kier alpha value is -1.02.